The Bertz CT molecular complexity index is 594. The van der Waals surface area contributed by atoms with Gasteiger partial charge in [-0.25, -0.2) is 13.1 Å². The van der Waals surface area contributed by atoms with Crippen molar-refractivity contribution in [3.8, 4) is 0 Å². The van der Waals surface area contributed by atoms with Crippen LogP contribution in [0.15, 0.2) is 16.5 Å². The minimum atomic E-state index is -3.37. The van der Waals surface area contributed by atoms with Crippen LogP contribution < -0.4 is 4.72 Å². The summed E-state index contributed by atoms with van der Waals surface area (Å²) in [6, 6.07) is 3.43. The molecule has 1 aromatic heterocycles. The molecule has 1 N–H and O–H groups in total. The van der Waals surface area contributed by atoms with E-state index in [9.17, 15) is 8.42 Å². The van der Waals surface area contributed by atoms with Crippen LogP contribution in [0.5, 0.6) is 0 Å². The van der Waals surface area contributed by atoms with E-state index in [1.165, 1.54) is 0 Å². The molecule has 2 heterocycles. The van der Waals surface area contributed by atoms with Gasteiger partial charge in [0.2, 0.25) is 10.0 Å². The van der Waals surface area contributed by atoms with Gasteiger partial charge in [0.1, 0.15) is 11.5 Å². The topological polar surface area (TPSA) is 68.5 Å². The summed E-state index contributed by atoms with van der Waals surface area (Å²) < 4.78 is 39.2. The van der Waals surface area contributed by atoms with Crippen molar-refractivity contribution in [3.63, 3.8) is 0 Å². The first-order chi connectivity index (χ1) is 10.7. The zero-order chi connectivity index (χ0) is 17.1. The molecule has 0 saturated carbocycles. The molecule has 0 radical (unpaired) electrons. The first-order valence-electron chi connectivity index (χ1n) is 8.37. The van der Waals surface area contributed by atoms with Crippen LogP contribution in [-0.4, -0.2) is 27.4 Å². The summed E-state index contributed by atoms with van der Waals surface area (Å²) in [6.07, 6.45) is 2.41. The third-order valence-electron chi connectivity index (χ3n) is 4.27. The van der Waals surface area contributed by atoms with Crippen molar-refractivity contribution in [1.82, 2.24) is 4.72 Å². The van der Waals surface area contributed by atoms with Gasteiger partial charge in [-0.1, -0.05) is 27.7 Å². The van der Waals surface area contributed by atoms with Gasteiger partial charge < -0.3 is 9.15 Å². The smallest absolute Gasteiger partial charge is 0.212 e. The maximum atomic E-state index is 12.6. The standard InChI is InChI=1S/C17H29NO4S/c1-5-14-6-7-15(22-14)16(17(2,3)4)18-23(19,20)12-13-8-10-21-11-9-13/h6-7,13,16,18H,5,8-12H2,1-4H3. The predicted octanol–water partition coefficient (Wildman–Crippen LogP) is 3.28. The Kier molecular flexibility index (Phi) is 5.92. The van der Waals surface area contributed by atoms with Gasteiger partial charge in [0.15, 0.2) is 0 Å². The van der Waals surface area contributed by atoms with E-state index in [-0.39, 0.29) is 23.1 Å². The summed E-state index contributed by atoms with van der Waals surface area (Å²) in [5.74, 6) is 1.89. The van der Waals surface area contributed by atoms with Crippen LogP contribution in [0.2, 0.25) is 0 Å². The molecule has 1 aromatic rings. The van der Waals surface area contributed by atoms with E-state index in [1.807, 2.05) is 39.8 Å². The summed E-state index contributed by atoms with van der Waals surface area (Å²) in [5.41, 5.74) is -0.272. The molecule has 1 saturated heterocycles. The SMILES string of the molecule is CCc1ccc(C(NS(=O)(=O)CC2CCOCC2)C(C)(C)C)o1. The van der Waals surface area contributed by atoms with Crippen LogP contribution in [-0.2, 0) is 21.2 Å². The molecule has 5 nitrogen and oxygen atoms in total. The fourth-order valence-corrected chi connectivity index (χ4v) is 4.73. The van der Waals surface area contributed by atoms with Crippen molar-refractivity contribution in [1.29, 1.82) is 0 Å². The van der Waals surface area contributed by atoms with E-state index in [4.69, 9.17) is 9.15 Å². The molecule has 1 unspecified atom stereocenters. The number of rotatable bonds is 6. The van der Waals surface area contributed by atoms with Crippen molar-refractivity contribution in [3.05, 3.63) is 23.7 Å². The predicted molar refractivity (Wildman–Crippen MR) is 90.7 cm³/mol. The van der Waals surface area contributed by atoms with Gasteiger partial charge in [0, 0.05) is 19.6 Å². The van der Waals surface area contributed by atoms with Gasteiger partial charge in [-0.05, 0) is 36.3 Å². The molecular weight excluding hydrogens is 314 g/mol. The van der Waals surface area contributed by atoms with Crippen molar-refractivity contribution in [2.24, 2.45) is 11.3 Å². The highest BCUT2D eigenvalue weighted by Gasteiger charge is 2.33. The van der Waals surface area contributed by atoms with Crippen LogP contribution >= 0.6 is 0 Å². The highest BCUT2D eigenvalue weighted by molar-refractivity contribution is 7.89. The van der Waals surface area contributed by atoms with Crippen LogP contribution in [0.1, 0.15) is 58.1 Å². The molecule has 2 rings (SSSR count). The van der Waals surface area contributed by atoms with Crippen LogP contribution in [0.3, 0.4) is 0 Å². The Labute approximate surface area is 139 Å². The van der Waals surface area contributed by atoms with Crippen molar-refractivity contribution >= 4 is 10.0 Å². The average Bonchev–Trinajstić information content (AvgIpc) is 2.93. The third kappa shape index (κ3) is 5.33. The van der Waals surface area contributed by atoms with E-state index in [0.29, 0.717) is 19.0 Å². The summed E-state index contributed by atoms with van der Waals surface area (Å²) >= 11 is 0. The average molecular weight is 343 g/mol. The Balaban J connectivity index is 2.13. The molecule has 0 spiro atoms. The monoisotopic (exact) mass is 343 g/mol. The second kappa shape index (κ2) is 7.36. The van der Waals surface area contributed by atoms with Crippen LogP contribution in [0.4, 0.5) is 0 Å². The Hall–Kier alpha value is -0.850. The van der Waals surface area contributed by atoms with E-state index in [0.717, 1.165) is 25.0 Å². The van der Waals surface area contributed by atoms with Crippen molar-refractivity contribution in [2.45, 2.75) is 53.0 Å². The van der Waals surface area contributed by atoms with Crippen LogP contribution in [0.25, 0.3) is 0 Å². The lowest BCUT2D eigenvalue weighted by molar-refractivity contribution is 0.0722. The number of hydrogen-bond acceptors (Lipinski definition) is 4. The van der Waals surface area contributed by atoms with Gasteiger partial charge >= 0.3 is 0 Å². The van der Waals surface area contributed by atoms with E-state index >= 15 is 0 Å². The van der Waals surface area contributed by atoms with Gasteiger partial charge in [-0.3, -0.25) is 0 Å². The highest BCUT2D eigenvalue weighted by atomic mass is 32.2. The highest BCUT2D eigenvalue weighted by Crippen LogP contribution is 2.34. The zero-order valence-corrected chi connectivity index (χ0v) is 15.4. The summed E-state index contributed by atoms with van der Waals surface area (Å²) in [5, 5.41) is 0. The molecule has 0 aliphatic carbocycles. The zero-order valence-electron chi connectivity index (χ0n) is 14.6. The quantitative estimate of drug-likeness (QED) is 0.861. The second-order valence-electron chi connectivity index (χ2n) is 7.41. The number of nitrogens with one attached hydrogen (secondary N) is 1. The van der Waals surface area contributed by atoms with Crippen molar-refractivity contribution < 1.29 is 17.6 Å². The maximum Gasteiger partial charge on any atom is 0.212 e. The third-order valence-corrected chi connectivity index (χ3v) is 5.78. The lowest BCUT2D eigenvalue weighted by Crippen LogP contribution is -2.39. The number of furan rings is 1. The minimum Gasteiger partial charge on any atom is -0.464 e. The Morgan fingerprint density at radius 2 is 1.91 bits per heavy atom. The molecule has 132 valence electrons. The molecule has 1 atom stereocenters. The largest absolute Gasteiger partial charge is 0.464 e. The molecule has 0 amide bonds. The summed E-state index contributed by atoms with van der Waals surface area (Å²) in [4.78, 5) is 0. The molecule has 6 heteroatoms. The fourth-order valence-electron chi connectivity index (χ4n) is 2.85. The Morgan fingerprint density at radius 3 is 2.43 bits per heavy atom. The maximum absolute atomic E-state index is 12.6. The van der Waals surface area contributed by atoms with Crippen LogP contribution in [0, 0.1) is 11.3 Å². The summed E-state index contributed by atoms with van der Waals surface area (Å²) in [7, 11) is -3.37. The molecule has 23 heavy (non-hydrogen) atoms. The number of ether oxygens (including phenoxy) is 1. The van der Waals surface area contributed by atoms with Crippen molar-refractivity contribution in [2.75, 3.05) is 19.0 Å². The molecule has 0 bridgehead atoms. The summed E-state index contributed by atoms with van der Waals surface area (Å²) in [6.45, 7) is 9.38. The van der Waals surface area contributed by atoms with E-state index in [1.54, 1.807) is 0 Å². The van der Waals surface area contributed by atoms with Gasteiger partial charge in [-0.15, -0.1) is 0 Å². The molecular formula is C17H29NO4S. The first kappa shape index (κ1) is 18.5. The second-order valence-corrected chi connectivity index (χ2v) is 9.21. The Morgan fingerprint density at radius 1 is 1.26 bits per heavy atom. The van der Waals surface area contributed by atoms with Gasteiger partial charge in [0.25, 0.3) is 0 Å². The number of sulfonamides is 1. The number of aryl methyl sites for hydroxylation is 1. The van der Waals surface area contributed by atoms with E-state index in [2.05, 4.69) is 4.72 Å². The lowest BCUT2D eigenvalue weighted by atomic mass is 9.86. The van der Waals surface area contributed by atoms with E-state index < -0.39 is 10.0 Å². The molecule has 1 fully saturated rings. The first-order valence-corrected chi connectivity index (χ1v) is 10.0. The van der Waals surface area contributed by atoms with Gasteiger partial charge in [-0.2, -0.15) is 0 Å². The van der Waals surface area contributed by atoms with Gasteiger partial charge in [0.05, 0.1) is 11.8 Å². The molecule has 1 aliphatic heterocycles. The fraction of sp³-hybridized carbons (Fsp3) is 0.765. The minimum absolute atomic E-state index is 0.157. The number of hydrogen-bond donors (Lipinski definition) is 1. The normalized spacial score (nSPS) is 19.0. The lowest BCUT2D eigenvalue weighted by Gasteiger charge is -2.30. The molecule has 0 aromatic carbocycles. The molecule has 1 aliphatic rings.